The molecule has 0 saturated heterocycles. The van der Waals surface area contributed by atoms with Crippen LogP contribution in [0.4, 0.5) is 5.69 Å². The molecule has 0 fully saturated rings. The topological polar surface area (TPSA) is 72.5 Å². The van der Waals surface area contributed by atoms with Gasteiger partial charge in [0.2, 0.25) is 0 Å². The molecule has 0 unspecified atom stereocenters. The van der Waals surface area contributed by atoms with E-state index in [1.54, 1.807) is 25.1 Å². The van der Waals surface area contributed by atoms with Gasteiger partial charge in [-0.05, 0) is 49.1 Å². The molecule has 4 heteroatoms. The maximum absolute atomic E-state index is 12.1. The predicted octanol–water partition coefficient (Wildman–Crippen LogP) is 4.02. The van der Waals surface area contributed by atoms with Crippen molar-refractivity contribution < 1.29 is 14.6 Å². The van der Waals surface area contributed by atoms with Gasteiger partial charge in [0.1, 0.15) is 11.3 Å². The highest BCUT2D eigenvalue weighted by molar-refractivity contribution is 6.01. The number of nitrogen functional groups attached to an aromatic ring is 1. The molecule has 1 aromatic rings. The van der Waals surface area contributed by atoms with Crippen LogP contribution >= 0.6 is 0 Å². The molecule has 118 valence electrons. The van der Waals surface area contributed by atoms with E-state index in [-0.39, 0.29) is 11.3 Å². The van der Waals surface area contributed by atoms with Gasteiger partial charge in [-0.2, -0.15) is 0 Å². The Hall–Kier alpha value is -2.49. The smallest absolute Gasteiger partial charge is 0.341 e. The first-order chi connectivity index (χ1) is 10.4. The van der Waals surface area contributed by atoms with Gasteiger partial charge < -0.3 is 15.6 Å². The lowest BCUT2D eigenvalue weighted by atomic mass is 9.94. The number of ether oxygens (including phenoxy) is 1. The summed E-state index contributed by atoms with van der Waals surface area (Å²) in [6, 6.07) is 3.37. The fourth-order valence-corrected chi connectivity index (χ4v) is 2.30. The van der Waals surface area contributed by atoms with Gasteiger partial charge in [-0.25, -0.2) is 4.79 Å². The second-order valence-corrected chi connectivity index (χ2v) is 4.96. The monoisotopic (exact) mass is 301 g/mol. The summed E-state index contributed by atoms with van der Waals surface area (Å²) >= 11 is 0. The van der Waals surface area contributed by atoms with Crippen LogP contribution in [0.25, 0.3) is 11.8 Å². The Morgan fingerprint density at radius 3 is 2.59 bits per heavy atom. The fourth-order valence-electron chi connectivity index (χ4n) is 2.30. The number of aliphatic hydroxyl groups is 1. The number of allylic oxidation sites excluding steroid dienone is 1. The molecule has 0 aromatic heterocycles. The molecular formula is C18H23NO3. The highest BCUT2D eigenvalue weighted by Gasteiger charge is 2.21. The number of aliphatic hydroxyl groups excluding tert-OH is 1. The Labute approximate surface area is 131 Å². The number of nitrogens with two attached hydrogens (primary N) is 1. The zero-order valence-corrected chi connectivity index (χ0v) is 13.6. The molecule has 3 N–H and O–H groups in total. The Morgan fingerprint density at radius 1 is 1.45 bits per heavy atom. The predicted molar refractivity (Wildman–Crippen MR) is 91.3 cm³/mol. The highest BCUT2D eigenvalue weighted by atomic mass is 16.5. The standard InChI is InChI=1S/C18H23NO3/c1-6-8-11(3)16(18(21)22-5)17(20)14-9-10-15(19)12(4)13(14)7-2/h7-10,20H,2,6,19H2,1,3-5H3/b11-8-,17-16+. The third-order valence-corrected chi connectivity index (χ3v) is 3.55. The summed E-state index contributed by atoms with van der Waals surface area (Å²) in [5.41, 5.74) is 9.31. The zero-order valence-electron chi connectivity index (χ0n) is 13.6. The Bertz CT molecular complexity index is 655. The van der Waals surface area contributed by atoms with E-state index >= 15 is 0 Å². The van der Waals surface area contributed by atoms with Crippen molar-refractivity contribution in [2.45, 2.75) is 27.2 Å². The number of hydrogen-bond acceptors (Lipinski definition) is 4. The fraction of sp³-hybridized carbons (Fsp3) is 0.278. The SMILES string of the molecule is C=Cc1c(/C(O)=C(C(=O)OC)/C(C)=C\CC)ccc(N)c1C. The highest BCUT2D eigenvalue weighted by Crippen LogP contribution is 2.30. The van der Waals surface area contributed by atoms with Crippen molar-refractivity contribution in [1.82, 2.24) is 0 Å². The van der Waals surface area contributed by atoms with Gasteiger partial charge in [-0.3, -0.25) is 0 Å². The summed E-state index contributed by atoms with van der Waals surface area (Å²) in [5.74, 6) is -0.712. The van der Waals surface area contributed by atoms with Crippen molar-refractivity contribution >= 4 is 23.5 Å². The summed E-state index contributed by atoms with van der Waals surface area (Å²) in [4.78, 5) is 12.1. The normalized spacial score (nSPS) is 12.6. The molecule has 0 saturated carbocycles. The first-order valence-electron chi connectivity index (χ1n) is 7.09. The summed E-state index contributed by atoms with van der Waals surface area (Å²) in [7, 11) is 1.29. The van der Waals surface area contributed by atoms with Crippen LogP contribution < -0.4 is 5.73 Å². The van der Waals surface area contributed by atoms with E-state index in [4.69, 9.17) is 10.5 Å². The van der Waals surface area contributed by atoms with E-state index < -0.39 is 5.97 Å². The van der Waals surface area contributed by atoms with Crippen LogP contribution in [0.15, 0.2) is 35.9 Å². The van der Waals surface area contributed by atoms with E-state index in [2.05, 4.69) is 6.58 Å². The molecule has 0 aliphatic rings. The number of carbonyl (C=O) groups excluding carboxylic acids is 1. The number of methoxy groups -OCH3 is 1. The van der Waals surface area contributed by atoms with Gasteiger partial charge in [-0.15, -0.1) is 0 Å². The van der Waals surface area contributed by atoms with Crippen molar-refractivity contribution in [3.8, 4) is 0 Å². The first kappa shape index (κ1) is 17.6. The summed E-state index contributed by atoms with van der Waals surface area (Å²) in [5, 5.41) is 10.7. The van der Waals surface area contributed by atoms with Crippen molar-refractivity contribution in [3.05, 3.63) is 52.6 Å². The molecule has 0 aliphatic carbocycles. The third kappa shape index (κ3) is 3.39. The molecule has 0 spiro atoms. The Kier molecular flexibility index (Phi) is 5.99. The molecular weight excluding hydrogens is 278 g/mol. The van der Waals surface area contributed by atoms with E-state index in [1.165, 1.54) is 7.11 Å². The van der Waals surface area contributed by atoms with Crippen molar-refractivity contribution in [2.24, 2.45) is 0 Å². The largest absolute Gasteiger partial charge is 0.506 e. The van der Waals surface area contributed by atoms with Crippen molar-refractivity contribution in [2.75, 3.05) is 12.8 Å². The van der Waals surface area contributed by atoms with E-state index in [0.717, 1.165) is 12.0 Å². The summed E-state index contributed by atoms with van der Waals surface area (Å²) in [6.07, 6.45) is 4.22. The van der Waals surface area contributed by atoms with Crippen LogP contribution in [0.2, 0.25) is 0 Å². The van der Waals surface area contributed by atoms with Gasteiger partial charge in [0, 0.05) is 11.3 Å². The third-order valence-electron chi connectivity index (χ3n) is 3.55. The van der Waals surface area contributed by atoms with E-state index in [1.807, 2.05) is 19.9 Å². The minimum atomic E-state index is -0.579. The van der Waals surface area contributed by atoms with Crippen LogP contribution in [0, 0.1) is 6.92 Å². The van der Waals surface area contributed by atoms with Gasteiger partial charge >= 0.3 is 5.97 Å². The van der Waals surface area contributed by atoms with Crippen molar-refractivity contribution in [3.63, 3.8) is 0 Å². The number of carbonyl (C=O) groups is 1. The quantitative estimate of drug-likeness (QED) is 0.283. The molecule has 0 radical (unpaired) electrons. The first-order valence-corrected chi connectivity index (χ1v) is 7.09. The number of benzene rings is 1. The molecule has 0 bridgehead atoms. The number of anilines is 1. The summed E-state index contributed by atoms with van der Waals surface area (Å²) < 4.78 is 4.80. The molecule has 0 heterocycles. The van der Waals surface area contributed by atoms with Crippen LogP contribution in [-0.2, 0) is 9.53 Å². The maximum atomic E-state index is 12.1. The van der Waals surface area contributed by atoms with E-state index in [0.29, 0.717) is 22.4 Å². The minimum Gasteiger partial charge on any atom is -0.506 e. The molecule has 0 atom stereocenters. The zero-order chi connectivity index (χ0) is 16.9. The average Bonchev–Trinajstić information content (AvgIpc) is 2.49. The molecule has 22 heavy (non-hydrogen) atoms. The van der Waals surface area contributed by atoms with Gasteiger partial charge in [0.25, 0.3) is 0 Å². The molecule has 0 aliphatic heterocycles. The molecule has 1 rings (SSSR count). The lowest BCUT2D eigenvalue weighted by Crippen LogP contribution is -2.10. The van der Waals surface area contributed by atoms with Crippen LogP contribution in [0.1, 0.15) is 37.0 Å². The van der Waals surface area contributed by atoms with Gasteiger partial charge in [-0.1, -0.05) is 25.7 Å². The van der Waals surface area contributed by atoms with Crippen LogP contribution in [0.5, 0.6) is 0 Å². The second-order valence-electron chi connectivity index (χ2n) is 4.96. The lowest BCUT2D eigenvalue weighted by molar-refractivity contribution is -0.135. The van der Waals surface area contributed by atoms with Crippen molar-refractivity contribution in [1.29, 1.82) is 0 Å². The van der Waals surface area contributed by atoms with Gasteiger partial charge in [0.15, 0.2) is 0 Å². The number of hydrogen-bond donors (Lipinski definition) is 2. The molecule has 0 amide bonds. The van der Waals surface area contributed by atoms with Crippen LogP contribution in [0.3, 0.4) is 0 Å². The van der Waals surface area contributed by atoms with E-state index in [9.17, 15) is 9.90 Å². The second kappa shape index (κ2) is 7.50. The van der Waals surface area contributed by atoms with Crippen LogP contribution in [-0.4, -0.2) is 18.2 Å². The Balaban J connectivity index is 3.68. The average molecular weight is 301 g/mol. The minimum absolute atomic E-state index is 0.132. The van der Waals surface area contributed by atoms with Gasteiger partial charge in [0.05, 0.1) is 7.11 Å². The molecule has 4 nitrogen and oxygen atoms in total. The summed E-state index contributed by atoms with van der Waals surface area (Å²) in [6.45, 7) is 9.33. The maximum Gasteiger partial charge on any atom is 0.341 e. The Morgan fingerprint density at radius 2 is 2.09 bits per heavy atom. The number of esters is 1. The molecule has 1 aromatic carbocycles. The lowest BCUT2D eigenvalue weighted by Gasteiger charge is -2.14. The number of rotatable bonds is 5.